The Morgan fingerprint density at radius 2 is 2.06 bits per heavy atom. The van der Waals surface area contributed by atoms with Crippen molar-refractivity contribution in [3.8, 4) is 0 Å². The molecule has 2 rings (SSSR count). The number of rotatable bonds is 2. The molecule has 0 aromatic carbocycles. The lowest BCUT2D eigenvalue weighted by atomic mass is 10.2. The van der Waals surface area contributed by atoms with Crippen molar-refractivity contribution in [1.29, 1.82) is 0 Å². The quantitative estimate of drug-likeness (QED) is 0.570. The van der Waals surface area contributed by atoms with Crippen molar-refractivity contribution < 1.29 is 14.3 Å². The second-order valence-corrected chi connectivity index (χ2v) is 4.03. The van der Waals surface area contributed by atoms with Gasteiger partial charge in [-0.25, -0.2) is 0 Å². The van der Waals surface area contributed by atoms with Crippen LogP contribution in [0, 0.1) is 0 Å². The first-order chi connectivity index (χ1) is 7.81. The average molecular weight is 227 g/mol. The summed E-state index contributed by atoms with van der Waals surface area (Å²) in [5.41, 5.74) is 0. The van der Waals surface area contributed by atoms with Gasteiger partial charge in [0.15, 0.2) is 0 Å². The largest absolute Gasteiger partial charge is 0.366 e. The van der Waals surface area contributed by atoms with E-state index in [0.717, 1.165) is 13.0 Å². The number of piperazine rings is 1. The lowest BCUT2D eigenvalue weighted by Gasteiger charge is -2.35. The van der Waals surface area contributed by atoms with E-state index in [1.807, 2.05) is 0 Å². The van der Waals surface area contributed by atoms with Crippen LogP contribution in [0.2, 0.25) is 0 Å². The highest BCUT2D eigenvalue weighted by atomic mass is 16.5. The van der Waals surface area contributed by atoms with Crippen LogP contribution in [-0.4, -0.2) is 74.1 Å². The number of nitrogens with one attached hydrogen (secondary N) is 1. The Balaban J connectivity index is 1.83. The van der Waals surface area contributed by atoms with Crippen LogP contribution < -0.4 is 5.32 Å². The van der Waals surface area contributed by atoms with Gasteiger partial charge in [0, 0.05) is 39.3 Å². The molecule has 0 saturated carbocycles. The molecule has 90 valence electrons. The molecule has 6 nitrogen and oxygen atoms in total. The zero-order chi connectivity index (χ0) is 11.4. The molecule has 2 amide bonds. The van der Waals surface area contributed by atoms with Crippen molar-refractivity contribution in [2.75, 3.05) is 45.9 Å². The smallest absolute Gasteiger partial charge is 0.253 e. The van der Waals surface area contributed by atoms with Gasteiger partial charge in [-0.3, -0.25) is 9.59 Å². The van der Waals surface area contributed by atoms with Gasteiger partial charge in [-0.15, -0.1) is 0 Å². The minimum absolute atomic E-state index is 0.0396. The number of ether oxygens (including phenoxy) is 1. The van der Waals surface area contributed by atoms with Gasteiger partial charge in [0.05, 0.1) is 6.61 Å². The normalized spacial score (nSPS) is 26.6. The summed E-state index contributed by atoms with van der Waals surface area (Å²) in [6, 6.07) is 0. The first kappa shape index (κ1) is 11.3. The van der Waals surface area contributed by atoms with Crippen molar-refractivity contribution in [2.45, 2.75) is 6.10 Å². The molecule has 0 radical (unpaired) electrons. The van der Waals surface area contributed by atoms with Crippen LogP contribution in [-0.2, 0) is 14.3 Å². The van der Waals surface area contributed by atoms with Crippen LogP contribution in [0.3, 0.4) is 0 Å². The van der Waals surface area contributed by atoms with Gasteiger partial charge in [-0.05, 0) is 0 Å². The van der Waals surface area contributed by atoms with Crippen molar-refractivity contribution in [3.05, 3.63) is 0 Å². The van der Waals surface area contributed by atoms with Crippen molar-refractivity contribution in [2.24, 2.45) is 0 Å². The highest BCUT2D eigenvalue weighted by molar-refractivity contribution is 5.81. The Kier molecular flexibility index (Phi) is 3.74. The molecule has 0 bridgehead atoms. The zero-order valence-corrected chi connectivity index (χ0v) is 9.22. The molecule has 2 fully saturated rings. The molecule has 1 N–H and O–H groups in total. The highest BCUT2D eigenvalue weighted by Gasteiger charge is 2.28. The van der Waals surface area contributed by atoms with E-state index < -0.39 is 0 Å². The Labute approximate surface area is 94.5 Å². The molecule has 1 atom stereocenters. The van der Waals surface area contributed by atoms with E-state index in [2.05, 4.69) is 5.32 Å². The molecule has 2 aliphatic rings. The highest BCUT2D eigenvalue weighted by Crippen LogP contribution is 2.06. The summed E-state index contributed by atoms with van der Waals surface area (Å²) < 4.78 is 5.41. The minimum atomic E-state index is -0.350. The van der Waals surface area contributed by atoms with Gasteiger partial charge in [0.25, 0.3) is 5.91 Å². The predicted molar refractivity (Wildman–Crippen MR) is 56.8 cm³/mol. The molecule has 0 aliphatic carbocycles. The first-order valence-electron chi connectivity index (χ1n) is 5.61. The molecule has 0 aromatic heterocycles. The molecule has 0 aromatic rings. The van der Waals surface area contributed by atoms with Crippen LogP contribution in [0.5, 0.6) is 0 Å². The van der Waals surface area contributed by atoms with Crippen LogP contribution in [0.15, 0.2) is 0 Å². The SMILES string of the molecule is O=CN1CCN(C(=O)C2CNCCO2)CC1. The molecule has 16 heavy (non-hydrogen) atoms. The number of morpholine rings is 1. The van der Waals surface area contributed by atoms with Gasteiger partial charge >= 0.3 is 0 Å². The Bertz CT molecular complexity index is 258. The van der Waals surface area contributed by atoms with Crippen LogP contribution in [0.25, 0.3) is 0 Å². The third-order valence-corrected chi connectivity index (χ3v) is 2.98. The lowest BCUT2D eigenvalue weighted by Crippen LogP contribution is -2.54. The van der Waals surface area contributed by atoms with E-state index >= 15 is 0 Å². The zero-order valence-electron chi connectivity index (χ0n) is 9.22. The summed E-state index contributed by atoms with van der Waals surface area (Å²) in [5.74, 6) is 0.0396. The number of nitrogens with zero attached hydrogens (tertiary/aromatic N) is 2. The maximum atomic E-state index is 12.0. The Morgan fingerprint density at radius 3 is 2.62 bits per heavy atom. The number of amides is 2. The lowest BCUT2D eigenvalue weighted by molar-refractivity contribution is -0.147. The molecule has 0 spiro atoms. The molecule has 2 heterocycles. The van der Waals surface area contributed by atoms with E-state index in [-0.39, 0.29) is 12.0 Å². The topological polar surface area (TPSA) is 61.9 Å². The summed E-state index contributed by atoms with van der Waals surface area (Å²) in [6.07, 6.45) is 0.483. The van der Waals surface area contributed by atoms with Gasteiger partial charge < -0.3 is 19.9 Å². The fraction of sp³-hybridized carbons (Fsp3) is 0.800. The number of carbonyl (C=O) groups is 2. The third kappa shape index (κ3) is 2.51. The fourth-order valence-corrected chi connectivity index (χ4v) is 1.98. The second-order valence-electron chi connectivity index (χ2n) is 4.03. The summed E-state index contributed by atoms with van der Waals surface area (Å²) in [7, 11) is 0. The summed E-state index contributed by atoms with van der Waals surface area (Å²) in [6.45, 7) is 4.44. The molecular formula is C10H17N3O3. The number of carbonyl (C=O) groups excluding carboxylic acids is 2. The Hall–Kier alpha value is -1.14. The number of hydrogen-bond donors (Lipinski definition) is 1. The van der Waals surface area contributed by atoms with Gasteiger partial charge in [-0.1, -0.05) is 0 Å². The van der Waals surface area contributed by atoms with Crippen LogP contribution in [0.4, 0.5) is 0 Å². The van der Waals surface area contributed by atoms with Crippen LogP contribution in [0.1, 0.15) is 0 Å². The van der Waals surface area contributed by atoms with E-state index in [0.29, 0.717) is 39.3 Å². The summed E-state index contributed by atoms with van der Waals surface area (Å²) in [5, 5.41) is 3.14. The van der Waals surface area contributed by atoms with E-state index in [1.165, 1.54) is 0 Å². The maximum Gasteiger partial charge on any atom is 0.253 e. The predicted octanol–water partition coefficient (Wildman–Crippen LogP) is -1.72. The minimum Gasteiger partial charge on any atom is -0.366 e. The molecule has 2 aliphatic heterocycles. The van der Waals surface area contributed by atoms with E-state index in [4.69, 9.17) is 4.74 Å². The Morgan fingerprint density at radius 1 is 1.31 bits per heavy atom. The van der Waals surface area contributed by atoms with E-state index in [9.17, 15) is 9.59 Å². The van der Waals surface area contributed by atoms with Crippen molar-refractivity contribution in [1.82, 2.24) is 15.1 Å². The van der Waals surface area contributed by atoms with Gasteiger partial charge in [0.2, 0.25) is 6.41 Å². The monoisotopic (exact) mass is 227 g/mol. The van der Waals surface area contributed by atoms with Gasteiger partial charge in [0.1, 0.15) is 6.10 Å². The molecule has 6 heteroatoms. The first-order valence-corrected chi connectivity index (χ1v) is 5.61. The van der Waals surface area contributed by atoms with Crippen molar-refractivity contribution in [3.63, 3.8) is 0 Å². The molecule has 1 unspecified atom stereocenters. The second kappa shape index (κ2) is 5.27. The van der Waals surface area contributed by atoms with E-state index in [1.54, 1.807) is 9.80 Å². The summed E-state index contributed by atoms with van der Waals surface area (Å²) >= 11 is 0. The van der Waals surface area contributed by atoms with Crippen molar-refractivity contribution >= 4 is 12.3 Å². The van der Waals surface area contributed by atoms with Crippen LogP contribution >= 0.6 is 0 Å². The fourth-order valence-electron chi connectivity index (χ4n) is 1.98. The standard InChI is InChI=1S/C10H17N3O3/c14-8-12-2-4-13(5-3-12)10(15)9-7-11-1-6-16-9/h8-9,11H,1-7H2. The number of hydrogen-bond acceptors (Lipinski definition) is 4. The average Bonchev–Trinajstić information content (AvgIpc) is 2.39. The maximum absolute atomic E-state index is 12.0. The summed E-state index contributed by atoms with van der Waals surface area (Å²) in [4.78, 5) is 26.0. The molecule has 2 saturated heterocycles. The molecular weight excluding hydrogens is 210 g/mol. The third-order valence-electron chi connectivity index (χ3n) is 2.98. The van der Waals surface area contributed by atoms with Gasteiger partial charge in [-0.2, -0.15) is 0 Å².